The first kappa shape index (κ1) is 33.2. The smallest absolute Gasteiger partial charge is 0.333 e. The molecule has 2 aliphatic rings. The summed E-state index contributed by atoms with van der Waals surface area (Å²) in [6.45, 7) is 6.74. The van der Waals surface area contributed by atoms with Crippen LogP contribution in [0.1, 0.15) is 26.3 Å². The fourth-order valence-corrected chi connectivity index (χ4v) is 12.6. The van der Waals surface area contributed by atoms with Crippen molar-refractivity contribution in [3.63, 3.8) is 0 Å². The van der Waals surface area contributed by atoms with Gasteiger partial charge in [-0.05, 0) is 94.2 Å². The van der Waals surface area contributed by atoms with Gasteiger partial charge in [0, 0.05) is 85.4 Å². The largest absolute Gasteiger partial charge is 0.436 e. The lowest BCUT2D eigenvalue weighted by molar-refractivity contribution is 0.590. The maximum Gasteiger partial charge on any atom is 0.333 e. The first-order valence-electron chi connectivity index (χ1n) is 20.6. The molecule has 4 nitrogen and oxygen atoms in total. The molecule has 0 fully saturated rings. The van der Waals surface area contributed by atoms with Crippen molar-refractivity contribution in [2.24, 2.45) is 0 Å². The van der Waals surface area contributed by atoms with Crippen molar-refractivity contribution < 1.29 is 4.42 Å². The van der Waals surface area contributed by atoms with Gasteiger partial charge in [-0.25, -0.2) is 4.98 Å². The van der Waals surface area contributed by atoms with Gasteiger partial charge in [0.2, 0.25) is 5.89 Å². The van der Waals surface area contributed by atoms with E-state index in [9.17, 15) is 0 Å². The van der Waals surface area contributed by atoms with Crippen LogP contribution < -0.4 is 15.7 Å². The lowest BCUT2D eigenvalue weighted by Crippen LogP contribution is -2.60. The van der Waals surface area contributed by atoms with E-state index in [1.165, 1.54) is 101 Å². The number of benzene rings is 8. The van der Waals surface area contributed by atoms with Crippen LogP contribution in [0.25, 0.3) is 102 Å². The SMILES string of the molecule is CC(C)(C)c1ccc(N2B3c4cc5nc(-c6ccccc6)oc5cc4-n4c5cc6c(cc5c5ccc(c3c54)-c3cc4sc5ccccc5c4cc32)sc2ccccc26)cc1. The number of hydrogen-bond acceptors (Lipinski definition) is 5. The number of oxazole rings is 1. The second-order valence-electron chi connectivity index (χ2n) is 17.5. The zero-order valence-corrected chi connectivity index (χ0v) is 34.7. The van der Waals surface area contributed by atoms with E-state index in [1.807, 2.05) is 40.9 Å². The van der Waals surface area contributed by atoms with Crippen LogP contribution in [0.2, 0.25) is 0 Å². The van der Waals surface area contributed by atoms with Crippen LogP contribution in [0.5, 0.6) is 0 Å². The average Bonchev–Trinajstić information content (AvgIpc) is 4.04. The third kappa shape index (κ3) is 4.38. The summed E-state index contributed by atoms with van der Waals surface area (Å²) in [5.74, 6) is 0.635. The predicted molar refractivity (Wildman–Crippen MR) is 257 cm³/mol. The highest BCUT2D eigenvalue weighted by molar-refractivity contribution is 7.26. The summed E-state index contributed by atoms with van der Waals surface area (Å²) in [5, 5.41) is 7.75. The van der Waals surface area contributed by atoms with Gasteiger partial charge in [0.15, 0.2) is 5.58 Å². The molecule has 0 unspecified atom stereocenters. The molecule has 60 heavy (non-hydrogen) atoms. The first-order valence-corrected chi connectivity index (χ1v) is 22.3. The Kier molecular flexibility index (Phi) is 6.38. The van der Waals surface area contributed by atoms with Crippen molar-refractivity contribution >= 4 is 125 Å². The number of fused-ring (bicyclic) bond motifs is 15. The number of aromatic nitrogens is 2. The molecule has 14 rings (SSSR count). The van der Waals surface area contributed by atoms with E-state index in [1.54, 1.807) is 0 Å². The number of nitrogens with zero attached hydrogens (tertiary/aromatic N) is 3. The van der Waals surface area contributed by atoms with Gasteiger partial charge in [-0.3, -0.25) is 0 Å². The molecule has 8 aromatic carbocycles. The van der Waals surface area contributed by atoms with Crippen molar-refractivity contribution in [2.75, 3.05) is 4.81 Å². The van der Waals surface area contributed by atoms with E-state index in [0.717, 1.165) is 22.4 Å². The van der Waals surface area contributed by atoms with Gasteiger partial charge in [-0.1, -0.05) is 99.6 Å². The summed E-state index contributed by atoms with van der Waals surface area (Å²) >= 11 is 3.77. The maximum atomic E-state index is 6.67. The van der Waals surface area contributed by atoms with Crippen LogP contribution in [0, 0.1) is 0 Å². The minimum atomic E-state index is -0.130. The van der Waals surface area contributed by atoms with Crippen LogP contribution >= 0.6 is 22.7 Å². The normalized spacial score (nSPS) is 13.5. The highest BCUT2D eigenvalue weighted by Crippen LogP contribution is 2.50. The zero-order chi connectivity index (χ0) is 39.6. The number of anilines is 2. The summed E-state index contributed by atoms with van der Waals surface area (Å²) in [6.07, 6.45) is 0. The molecule has 0 radical (unpaired) electrons. The number of thiophene rings is 2. The molecule has 2 aliphatic heterocycles. The molecule has 6 heterocycles. The predicted octanol–water partition coefficient (Wildman–Crippen LogP) is 13.9. The van der Waals surface area contributed by atoms with Crippen molar-refractivity contribution in [1.29, 1.82) is 0 Å². The topological polar surface area (TPSA) is 34.2 Å². The van der Waals surface area contributed by atoms with E-state index in [4.69, 9.17) is 9.40 Å². The number of rotatable bonds is 2. The summed E-state index contributed by atoms with van der Waals surface area (Å²) < 4.78 is 14.5. The number of hydrogen-bond donors (Lipinski definition) is 0. The molecular weight excluding hydrogens is 770 g/mol. The van der Waals surface area contributed by atoms with E-state index in [0.29, 0.717) is 5.89 Å². The van der Waals surface area contributed by atoms with Gasteiger partial charge in [-0.15, -0.1) is 22.7 Å². The fourth-order valence-electron chi connectivity index (χ4n) is 10.4. The molecule has 7 heteroatoms. The summed E-state index contributed by atoms with van der Waals surface area (Å²) in [7, 11) is 0. The second kappa shape index (κ2) is 11.5. The van der Waals surface area contributed by atoms with Gasteiger partial charge in [0.25, 0.3) is 0 Å². The Labute approximate surface area is 353 Å². The molecule has 0 aliphatic carbocycles. The first-order chi connectivity index (χ1) is 29.4. The monoisotopic (exact) mass is 803 g/mol. The second-order valence-corrected chi connectivity index (χ2v) is 19.7. The van der Waals surface area contributed by atoms with E-state index >= 15 is 0 Å². The van der Waals surface area contributed by atoms with Crippen molar-refractivity contribution in [3.8, 4) is 28.3 Å². The Morgan fingerprint density at radius 2 is 1.27 bits per heavy atom. The molecule has 0 saturated heterocycles. The van der Waals surface area contributed by atoms with Gasteiger partial charge in [-0.2, -0.15) is 0 Å². The third-order valence-electron chi connectivity index (χ3n) is 13.1. The molecule has 0 atom stereocenters. The molecule has 0 spiro atoms. The maximum absolute atomic E-state index is 6.67. The van der Waals surface area contributed by atoms with E-state index in [-0.39, 0.29) is 12.3 Å². The molecule has 0 N–H and O–H groups in total. The van der Waals surface area contributed by atoms with E-state index in [2.05, 4.69) is 164 Å². The fraction of sp³-hybridized carbons (Fsp3) is 0.0755. The Balaban J connectivity index is 1.14. The molecule has 4 aromatic heterocycles. The molecular formula is C53H34BN3OS2. The van der Waals surface area contributed by atoms with Gasteiger partial charge in [0.05, 0.1) is 11.0 Å². The van der Waals surface area contributed by atoms with Crippen LogP contribution in [-0.4, -0.2) is 16.4 Å². The molecule has 12 aromatic rings. The van der Waals surface area contributed by atoms with Crippen LogP contribution in [0.3, 0.4) is 0 Å². The molecule has 282 valence electrons. The van der Waals surface area contributed by atoms with Crippen LogP contribution in [0.4, 0.5) is 11.4 Å². The van der Waals surface area contributed by atoms with Crippen LogP contribution in [0.15, 0.2) is 156 Å². The Hall–Kier alpha value is -6.67. The minimum Gasteiger partial charge on any atom is -0.436 e. The van der Waals surface area contributed by atoms with Crippen molar-refractivity contribution in [3.05, 3.63) is 157 Å². The minimum absolute atomic E-state index is 0.0331. The Morgan fingerprint density at radius 3 is 2.02 bits per heavy atom. The molecule has 0 amide bonds. The van der Waals surface area contributed by atoms with Crippen molar-refractivity contribution in [2.45, 2.75) is 26.2 Å². The lowest BCUT2D eigenvalue weighted by atomic mass is 9.44. The van der Waals surface area contributed by atoms with Crippen molar-refractivity contribution in [1.82, 2.24) is 9.55 Å². The Bertz CT molecular complexity index is 3830. The molecule has 0 bridgehead atoms. The highest BCUT2D eigenvalue weighted by Gasteiger charge is 2.44. The Morgan fingerprint density at radius 1 is 0.567 bits per heavy atom. The van der Waals surface area contributed by atoms with Gasteiger partial charge in [0.1, 0.15) is 5.52 Å². The quantitative estimate of drug-likeness (QED) is 0.163. The van der Waals surface area contributed by atoms with Gasteiger partial charge < -0.3 is 13.8 Å². The van der Waals surface area contributed by atoms with Crippen LogP contribution in [-0.2, 0) is 5.41 Å². The average molecular weight is 804 g/mol. The summed E-state index contributed by atoms with van der Waals surface area (Å²) in [4.78, 5) is 7.81. The lowest BCUT2D eigenvalue weighted by Gasteiger charge is -2.42. The zero-order valence-electron chi connectivity index (χ0n) is 33.1. The summed E-state index contributed by atoms with van der Waals surface area (Å²) in [6, 6.07) is 56.5. The third-order valence-corrected chi connectivity index (χ3v) is 15.4. The standard InChI is InChI=1S/C53H34BN3OS2/c1-53(2,3)30-17-19-31(20-18-30)57-43-24-39-33-14-8-10-16-47(33)59-48(39)25-36(43)34-21-22-35-37-26-49-38(32-13-7-9-15-46(32)60-49)23-42(37)56-44-28-45-41(27-40(44)54(57)50(34)51(35)56)55-52(58-45)29-11-5-4-6-12-29/h4-28H,1-3H3. The van der Waals surface area contributed by atoms with Gasteiger partial charge >= 0.3 is 6.85 Å². The highest BCUT2D eigenvalue weighted by atomic mass is 32.1. The molecule has 0 saturated carbocycles. The summed E-state index contributed by atoms with van der Waals surface area (Å²) in [5.41, 5.74) is 15.1. The van der Waals surface area contributed by atoms with E-state index < -0.39 is 0 Å².